The monoisotopic (exact) mass is 117 g/mol. The second-order valence-electron chi connectivity index (χ2n) is 1.23. The Balaban J connectivity index is 3.03. The standard InChI is InChI=1S/C3H11N5/c4-1-2-7-8-3(5)6/h7H,1-2,4H2,(H4,5,6,8). The van der Waals surface area contributed by atoms with Gasteiger partial charge in [0.25, 0.3) is 0 Å². The lowest BCUT2D eigenvalue weighted by molar-refractivity contribution is 0.737. The second-order valence-corrected chi connectivity index (χ2v) is 1.23. The molecule has 0 aromatic rings. The third kappa shape index (κ3) is 5.03. The van der Waals surface area contributed by atoms with Gasteiger partial charge >= 0.3 is 0 Å². The van der Waals surface area contributed by atoms with E-state index in [1.165, 1.54) is 0 Å². The highest BCUT2D eigenvalue weighted by atomic mass is 15.3. The van der Waals surface area contributed by atoms with Crippen molar-refractivity contribution >= 4 is 5.96 Å². The van der Waals surface area contributed by atoms with Gasteiger partial charge in [-0.3, -0.25) is 0 Å². The van der Waals surface area contributed by atoms with Crippen molar-refractivity contribution in [3.05, 3.63) is 0 Å². The topological polar surface area (TPSA) is 102 Å². The van der Waals surface area contributed by atoms with Crippen molar-refractivity contribution in [3.63, 3.8) is 0 Å². The summed E-state index contributed by atoms with van der Waals surface area (Å²) in [5.74, 6) is 0.0263. The Morgan fingerprint density at radius 1 is 1.50 bits per heavy atom. The zero-order valence-electron chi connectivity index (χ0n) is 4.59. The van der Waals surface area contributed by atoms with Crippen molar-refractivity contribution < 1.29 is 0 Å². The normalized spacial score (nSPS) is 8.12. The molecule has 5 nitrogen and oxygen atoms in total. The molecule has 0 unspecified atom stereocenters. The molecular weight excluding hydrogens is 106 g/mol. The zero-order valence-corrected chi connectivity index (χ0v) is 4.59. The Bertz CT molecular complexity index is 73.7. The van der Waals surface area contributed by atoms with Crippen LogP contribution in [0.3, 0.4) is 0 Å². The summed E-state index contributed by atoms with van der Waals surface area (Å²) >= 11 is 0. The minimum atomic E-state index is 0.0263. The number of nitrogens with one attached hydrogen (secondary N) is 1. The molecule has 0 amide bonds. The summed E-state index contributed by atoms with van der Waals surface area (Å²) in [5, 5.41) is 3.46. The van der Waals surface area contributed by atoms with E-state index in [1.807, 2.05) is 0 Å². The summed E-state index contributed by atoms with van der Waals surface area (Å²) in [4.78, 5) is 0. The van der Waals surface area contributed by atoms with E-state index >= 15 is 0 Å². The molecule has 0 aliphatic rings. The molecule has 48 valence electrons. The maximum atomic E-state index is 5.10. The van der Waals surface area contributed by atoms with Crippen LogP contribution in [0.15, 0.2) is 5.10 Å². The number of nitrogens with two attached hydrogens (primary N) is 3. The largest absolute Gasteiger partial charge is 0.369 e. The van der Waals surface area contributed by atoms with E-state index in [9.17, 15) is 0 Å². The van der Waals surface area contributed by atoms with E-state index in [1.54, 1.807) is 0 Å². The highest BCUT2D eigenvalue weighted by molar-refractivity contribution is 5.75. The van der Waals surface area contributed by atoms with Crippen LogP contribution in [0.25, 0.3) is 0 Å². The molecule has 0 spiro atoms. The summed E-state index contributed by atoms with van der Waals surface area (Å²) in [6.07, 6.45) is 0. The number of hydrogen-bond acceptors (Lipinski definition) is 3. The zero-order chi connectivity index (χ0) is 6.41. The molecule has 0 aliphatic heterocycles. The smallest absolute Gasteiger partial charge is 0.208 e. The maximum Gasteiger partial charge on any atom is 0.208 e. The fraction of sp³-hybridized carbons (Fsp3) is 0.667. The van der Waals surface area contributed by atoms with Crippen LogP contribution in [0.1, 0.15) is 0 Å². The van der Waals surface area contributed by atoms with E-state index in [0.29, 0.717) is 13.1 Å². The predicted molar refractivity (Wildman–Crippen MR) is 32.9 cm³/mol. The van der Waals surface area contributed by atoms with Gasteiger partial charge in [-0.1, -0.05) is 0 Å². The molecule has 0 atom stereocenters. The third-order valence-corrected chi connectivity index (χ3v) is 0.464. The molecule has 0 radical (unpaired) electrons. The van der Waals surface area contributed by atoms with Crippen LogP contribution in [0.2, 0.25) is 0 Å². The number of guanidine groups is 1. The van der Waals surface area contributed by atoms with Crippen molar-refractivity contribution in [2.45, 2.75) is 0 Å². The van der Waals surface area contributed by atoms with Crippen LogP contribution in [0.4, 0.5) is 0 Å². The summed E-state index contributed by atoms with van der Waals surface area (Å²) < 4.78 is 0. The van der Waals surface area contributed by atoms with Gasteiger partial charge in [0.15, 0.2) is 0 Å². The average Bonchev–Trinajstić information content (AvgIpc) is 1.66. The molecular formula is C3H11N5. The lowest BCUT2D eigenvalue weighted by Gasteiger charge is -1.94. The first kappa shape index (κ1) is 7.03. The van der Waals surface area contributed by atoms with Gasteiger partial charge in [0.1, 0.15) is 0 Å². The SMILES string of the molecule is NCCNN=C(N)N. The van der Waals surface area contributed by atoms with E-state index in [2.05, 4.69) is 10.5 Å². The van der Waals surface area contributed by atoms with Gasteiger partial charge in [-0.25, -0.2) is 0 Å². The molecule has 8 heavy (non-hydrogen) atoms. The molecule has 0 aromatic carbocycles. The summed E-state index contributed by atoms with van der Waals surface area (Å²) in [7, 11) is 0. The minimum absolute atomic E-state index is 0.0263. The average molecular weight is 117 g/mol. The first-order valence-corrected chi connectivity index (χ1v) is 2.29. The van der Waals surface area contributed by atoms with Crippen molar-refractivity contribution in [1.82, 2.24) is 5.43 Å². The molecule has 0 saturated carbocycles. The molecule has 0 heterocycles. The molecule has 0 aliphatic carbocycles. The van der Waals surface area contributed by atoms with Crippen molar-refractivity contribution in [2.75, 3.05) is 13.1 Å². The number of hydrazone groups is 1. The highest BCUT2D eigenvalue weighted by Gasteiger charge is 1.75. The number of hydrogen-bond donors (Lipinski definition) is 4. The van der Waals surface area contributed by atoms with Crippen molar-refractivity contribution in [3.8, 4) is 0 Å². The van der Waals surface area contributed by atoms with Crippen LogP contribution in [0.5, 0.6) is 0 Å². The minimum Gasteiger partial charge on any atom is -0.369 e. The fourth-order valence-electron chi connectivity index (χ4n) is 0.212. The molecule has 5 heteroatoms. The Morgan fingerprint density at radius 3 is 2.50 bits per heavy atom. The Hall–Kier alpha value is -0.970. The highest BCUT2D eigenvalue weighted by Crippen LogP contribution is 1.52. The number of rotatable bonds is 3. The third-order valence-electron chi connectivity index (χ3n) is 0.464. The quantitative estimate of drug-likeness (QED) is 0.145. The van der Waals surface area contributed by atoms with Gasteiger partial charge < -0.3 is 22.6 Å². The van der Waals surface area contributed by atoms with Crippen LogP contribution in [-0.4, -0.2) is 19.0 Å². The Labute approximate surface area is 47.9 Å². The Morgan fingerprint density at radius 2 is 2.12 bits per heavy atom. The van der Waals surface area contributed by atoms with Gasteiger partial charge in [0.2, 0.25) is 5.96 Å². The summed E-state index contributed by atoms with van der Waals surface area (Å²) in [5.41, 5.74) is 17.6. The van der Waals surface area contributed by atoms with Gasteiger partial charge in [0.05, 0.1) is 0 Å². The first-order valence-electron chi connectivity index (χ1n) is 2.29. The molecule has 0 rings (SSSR count). The van der Waals surface area contributed by atoms with E-state index in [0.717, 1.165) is 0 Å². The lowest BCUT2D eigenvalue weighted by Crippen LogP contribution is -2.28. The van der Waals surface area contributed by atoms with E-state index < -0.39 is 0 Å². The number of nitrogens with zero attached hydrogens (tertiary/aromatic N) is 1. The summed E-state index contributed by atoms with van der Waals surface area (Å²) in [6, 6.07) is 0. The second kappa shape index (κ2) is 4.20. The predicted octanol–water partition coefficient (Wildman–Crippen LogP) is -2.28. The van der Waals surface area contributed by atoms with E-state index in [4.69, 9.17) is 17.2 Å². The molecule has 7 N–H and O–H groups in total. The van der Waals surface area contributed by atoms with E-state index in [-0.39, 0.29) is 5.96 Å². The van der Waals surface area contributed by atoms with Crippen LogP contribution in [-0.2, 0) is 0 Å². The van der Waals surface area contributed by atoms with Crippen molar-refractivity contribution in [2.24, 2.45) is 22.3 Å². The Kier molecular flexibility index (Phi) is 3.69. The van der Waals surface area contributed by atoms with Gasteiger partial charge in [-0.15, -0.1) is 5.10 Å². The molecule has 0 aromatic heterocycles. The lowest BCUT2D eigenvalue weighted by atomic mass is 10.7. The van der Waals surface area contributed by atoms with Gasteiger partial charge in [0, 0.05) is 13.1 Å². The summed E-state index contributed by atoms with van der Waals surface area (Å²) in [6.45, 7) is 1.12. The molecule has 0 fully saturated rings. The molecule has 0 saturated heterocycles. The van der Waals surface area contributed by atoms with Gasteiger partial charge in [-0.05, 0) is 0 Å². The van der Waals surface area contributed by atoms with Crippen molar-refractivity contribution in [1.29, 1.82) is 0 Å². The first-order chi connectivity index (χ1) is 3.77. The van der Waals surface area contributed by atoms with Crippen LogP contribution < -0.4 is 22.6 Å². The fourth-order valence-corrected chi connectivity index (χ4v) is 0.212. The van der Waals surface area contributed by atoms with Crippen LogP contribution >= 0.6 is 0 Å². The van der Waals surface area contributed by atoms with Gasteiger partial charge in [-0.2, -0.15) is 0 Å². The molecule has 0 bridgehead atoms. The van der Waals surface area contributed by atoms with Crippen LogP contribution in [0, 0.1) is 0 Å². The maximum absolute atomic E-state index is 5.10.